The van der Waals surface area contributed by atoms with E-state index in [0.717, 1.165) is 11.6 Å². The van der Waals surface area contributed by atoms with Crippen LogP contribution in [0.15, 0.2) is 59.6 Å². The van der Waals surface area contributed by atoms with E-state index in [2.05, 4.69) is 0 Å². The molecule has 0 unspecified atom stereocenters. The molecule has 0 radical (unpaired) electrons. The number of ether oxygens (including phenoxy) is 1. The molecule has 0 heterocycles. The Labute approximate surface area is 127 Å². The highest BCUT2D eigenvalue weighted by molar-refractivity contribution is 6.30. The first-order valence-electron chi connectivity index (χ1n) is 6.62. The van der Waals surface area contributed by atoms with Crippen LogP contribution in [0.2, 0.25) is 0 Å². The van der Waals surface area contributed by atoms with E-state index >= 15 is 0 Å². The minimum Gasteiger partial charge on any atom is -0.507 e. The van der Waals surface area contributed by atoms with Gasteiger partial charge in [-0.1, -0.05) is 36.4 Å². The molecule has 2 rings (SSSR count). The van der Waals surface area contributed by atoms with Crippen LogP contribution in [0, 0.1) is 0 Å². The van der Waals surface area contributed by atoms with E-state index in [-0.39, 0.29) is 5.76 Å². The highest BCUT2D eigenvalue weighted by Gasteiger charge is 2.45. The molecular weight excluding hydrogens is 284 g/mol. The first-order valence-corrected chi connectivity index (χ1v) is 6.62. The Morgan fingerprint density at radius 2 is 1.86 bits per heavy atom. The maximum absolute atomic E-state index is 12.2. The summed E-state index contributed by atoms with van der Waals surface area (Å²) >= 11 is 0. The second-order valence-electron chi connectivity index (χ2n) is 4.98. The minimum atomic E-state index is -1.98. The second kappa shape index (κ2) is 5.99. The van der Waals surface area contributed by atoms with Crippen molar-refractivity contribution in [1.29, 1.82) is 0 Å². The van der Waals surface area contributed by atoms with Crippen molar-refractivity contribution in [3.05, 3.63) is 65.1 Å². The summed E-state index contributed by atoms with van der Waals surface area (Å²) in [4.78, 5) is 24.2. The Kier molecular flexibility index (Phi) is 4.28. The van der Waals surface area contributed by atoms with Crippen LogP contribution >= 0.6 is 0 Å². The van der Waals surface area contributed by atoms with Gasteiger partial charge >= 0.3 is 0 Å². The Morgan fingerprint density at radius 3 is 2.45 bits per heavy atom. The van der Waals surface area contributed by atoms with Crippen LogP contribution in [0.4, 0.5) is 0 Å². The van der Waals surface area contributed by atoms with Crippen LogP contribution in [0.25, 0.3) is 6.08 Å². The van der Waals surface area contributed by atoms with Gasteiger partial charge in [0.2, 0.25) is 5.78 Å². The van der Waals surface area contributed by atoms with E-state index in [1.165, 1.54) is 20.1 Å². The van der Waals surface area contributed by atoms with Crippen LogP contribution in [-0.2, 0) is 14.3 Å². The van der Waals surface area contributed by atoms with E-state index in [4.69, 9.17) is 4.74 Å². The summed E-state index contributed by atoms with van der Waals surface area (Å²) < 4.78 is 4.85. The lowest BCUT2D eigenvalue weighted by Crippen LogP contribution is -2.44. The molecule has 0 fully saturated rings. The number of rotatable bonds is 3. The zero-order valence-corrected chi connectivity index (χ0v) is 12.2. The number of allylic oxidation sites excluding steroid dienone is 2. The maximum atomic E-state index is 12.2. The molecule has 5 nitrogen and oxygen atoms in total. The molecule has 0 amide bonds. The van der Waals surface area contributed by atoms with Crippen molar-refractivity contribution < 1.29 is 24.5 Å². The van der Waals surface area contributed by atoms with Gasteiger partial charge in [-0.15, -0.1) is 0 Å². The molecule has 1 aromatic carbocycles. The maximum Gasteiger partial charge on any atom is 0.209 e. The van der Waals surface area contributed by atoms with Crippen molar-refractivity contribution in [3.8, 4) is 0 Å². The van der Waals surface area contributed by atoms with Gasteiger partial charge in [-0.2, -0.15) is 0 Å². The van der Waals surface area contributed by atoms with E-state index < -0.39 is 28.5 Å². The molecule has 0 saturated carbocycles. The molecule has 1 aliphatic carbocycles. The van der Waals surface area contributed by atoms with Crippen molar-refractivity contribution in [2.24, 2.45) is 0 Å². The van der Waals surface area contributed by atoms with Crippen molar-refractivity contribution in [2.45, 2.75) is 12.5 Å². The Balaban J connectivity index is 2.42. The number of hydrogen-bond donors (Lipinski definition) is 2. The number of carbonyl (C=O) groups excluding carboxylic acids is 2. The Morgan fingerprint density at radius 1 is 1.23 bits per heavy atom. The summed E-state index contributed by atoms with van der Waals surface area (Å²) in [6, 6.07) is 9.09. The van der Waals surface area contributed by atoms with Gasteiger partial charge in [0.1, 0.15) is 17.1 Å². The fraction of sp³-hybridized carbons (Fsp3) is 0.176. The standard InChI is InChI=1S/C17H16O5/c1-17(21)14(22-2)10-13(19)15(16(17)20)12(18)9-8-11-6-4-3-5-7-11/h3-10,18,21H,1-2H3/b9-8+,15-12-/t17-/m1/s1. The van der Waals surface area contributed by atoms with Crippen LogP contribution < -0.4 is 0 Å². The number of benzene rings is 1. The average Bonchev–Trinajstić information content (AvgIpc) is 2.50. The number of ketones is 2. The van der Waals surface area contributed by atoms with Gasteiger partial charge in [0.15, 0.2) is 11.4 Å². The molecule has 22 heavy (non-hydrogen) atoms. The van der Waals surface area contributed by atoms with E-state index in [0.29, 0.717) is 0 Å². The minimum absolute atomic E-state index is 0.147. The normalized spacial score (nSPS) is 24.4. The van der Waals surface area contributed by atoms with Crippen LogP contribution in [0.5, 0.6) is 0 Å². The highest BCUT2D eigenvalue weighted by Crippen LogP contribution is 2.29. The third-order valence-corrected chi connectivity index (χ3v) is 3.37. The first-order chi connectivity index (χ1) is 10.4. The highest BCUT2D eigenvalue weighted by atomic mass is 16.5. The first kappa shape index (κ1) is 15.7. The fourth-order valence-corrected chi connectivity index (χ4v) is 2.12. The molecule has 5 heteroatoms. The van der Waals surface area contributed by atoms with Crippen LogP contribution in [-0.4, -0.2) is 34.5 Å². The van der Waals surface area contributed by atoms with Gasteiger partial charge in [-0.05, 0) is 18.6 Å². The number of aliphatic hydroxyl groups excluding tert-OH is 1. The molecule has 0 aromatic heterocycles. The molecule has 0 saturated heterocycles. The molecule has 1 atom stereocenters. The van der Waals surface area contributed by atoms with E-state index in [1.54, 1.807) is 18.2 Å². The third kappa shape index (κ3) is 2.84. The Hall–Kier alpha value is -2.66. The van der Waals surface area contributed by atoms with Gasteiger partial charge in [-0.25, -0.2) is 0 Å². The predicted octanol–water partition coefficient (Wildman–Crippen LogP) is 1.94. The molecule has 2 N–H and O–H groups in total. The SMILES string of the molecule is COC1=CC(=O)/C(=C(O)\C=C\c2ccccc2)C(=O)[C@]1(C)O. The summed E-state index contributed by atoms with van der Waals surface area (Å²) in [7, 11) is 1.25. The van der Waals surface area contributed by atoms with Gasteiger partial charge < -0.3 is 14.9 Å². The number of Topliss-reactive ketones (excluding diaryl/α,β-unsaturated/α-hetero) is 1. The van der Waals surface area contributed by atoms with Gasteiger partial charge in [-0.3, -0.25) is 9.59 Å². The van der Waals surface area contributed by atoms with Crippen LogP contribution in [0.3, 0.4) is 0 Å². The summed E-state index contributed by atoms with van der Waals surface area (Å²) in [5.74, 6) is -2.24. The van der Waals surface area contributed by atoms with Gasteiger partial charge in [0, 0.05) is 6.08 Å². The van der Waals surface area contributed by atoms with E-state index in [9.17, 15) is 19.8 Å². The summed E-state index contributed by atoms with van der Waals surface area (Å²) in [5.41, 5.74) is -1.64. The molecule has 0 aliphatic heterocycles. The van der Waals surface area contributed by atoms with Gasteiger partial charge in [0.05, 0.1) is 7.11 Å². The largest absolute Gasteiger partial charge is 0.507 e. The topological polar surface area (TPSA) is 83.8 Å². The lowest BCUT2D eigenvalue weighted by Gasteiger charge is -2.28. The average molecular weight is 300 g/mol. The van der Waals surface area contributed by atoms with Crippen molar-refractivity contribution in [1.82, 2.24) is 0 Å². The molecule has 1 aromatic rings. The van der Waals surface area contributed by atoms with Crippen molar-refractivity contribution in [3.63, 3.8) is 0 Å². The summed E-state index contributed by atoms with van der Waals surface area (Å²) in [6.45, 7) is 1.21. The molecular formula is C17H16O5. The zero-order valence-electron chi connectivity index (χ0n) is 12.2. The quantitative estimate of drug-likeness (QED) is 0.506. The number of carbonyl (C=O) groups is 2. The molecule has 0 spiro atoms. The monoisotopic (exact) mass is 300 g/mol. The molecule has 0 bridgehead atoms. The van der Waals surface area contributed by atoms with Crippen molar-refractivity contribution >= 4 is 17.6 Å². The molecule has 114 valence electrons. The zero-order chi connectivity index (χ0) is 16.3. The van der Waals surface area contributed by atoms with Gasteiger partial charge in [0.25, 0.3) is 0 Å². The summed E-state index contributed by atoms with van der Waals surface area (Å²) in [6.07, 6.45) is 3.82. The second-order valence-corrected chi connectivity index (χ2v) is 4.98. The lowest BCUT2D eigenvalue weighted by atomic mass is 9.84. The summed E-state index contributed by atoms with van der Waals surface area (Å²) in [5, 5.41) is 20.2. The smallest absolute Gasteiger partial charge is 0.209 e. The van der Waals surface area contributed by atoms with E-state index in [1.807, 2.05) is 18.2 Å². The number of methoxy groups -OCH3 is 1. The van der Waals surface area contributed by atoms with Crippen LogP contribution in [0.1, 0.15) is 12.5 Å². The fourth-order valence-electron chi connectivity index (χ4n) is 2.12. The Bertz CT molecular complexity index is 693. The lowest BCUT2D eigenvalue weighted by molar-refractivity contribution is -0.134. The third-order valence-electron chi connectivity index (χ3n) is 3.37. The number of aliphatic hydroxyl groups is 2. The number of hydrogen-bond acceptors (Lipinski definition) is 5. The molecule has 1 aliphatic rings. The predicted molar refractivity (Wildman–Crippen MR) is 80.9 cm³/mol. The van der Waals surface area contributed by atoms with Crippen molar-refractivity contribution in [2.75, 3.05) is 7.11 Å².